The summed E-state index contributed by atoms with van der Waals surface area (Å²) in [4.78, 5) is 5.27. The van der Waals surface area contributed by atoms with Gasteiger partial charge in [-0.25, -0.2) is 4.98 Å². The summed E-state index contributed by atoms with van der Waals surface area (Å²) in [6.45, 7) is 0. The minimum Gasteiger partial charge on any atom is -0.456 e. The second-order valence-electron chi connectivity index (χ2n) is 14.7. The van der Waals surface area contributed by atoms with E-state index < -0.39 is 0 Å². The molecule has 12 rings (SSSR count). The highest BCUT2D eigenvalue weighted by molar-refractivity contribution is 7.26. The van der Waals surface area contributed by atoms with Crippen molar-refractivity contribution in [2.24, 2.45) is 0 Å². The Kier molecular flexibility index (Phi) is 7.10. The van der Waals surface area contributed by atoms with Gasteiger partial charge in [0.1, 0.15) is 11.2 Å². The number of thiophene rings is 1. The van der Waals surface area contributed by atoms with Crippen LogP contribution in [0.3, 0.4) is 0 Å². The van der Waals surface area contributed by atoms with Crippen LogP contribution in [0, 0.1) is 0 Å². The van der Waals surface area contributed by atoms with Gasteiger partial charge in [-0.05, 0) is 101 Å². The average Bonchev–Trinajstić information content (AvgIpc) is 3.95. The van der Waals surface area contributed by atoms with Gasteiger partial charge < -0.3 is 8.98 Å². The van der Waals surface area contributed by atoms with E-state index in [9.17, 15) is 0 Å². The molecule has 8 aromatic carbocycles. The molecule has 12 aromatic rings. The SMILES string of the molecule is c1ccc(-c2cc(-c3cccc4sc5ccc(-c6ccc7c(c6)c6ccccc6n7-c6ccccc6)cc5c34)cc(-c3ccc4c(c3)oc3ccccc34)n2)cc1. The summed E-state index contributed by atoms with van der Waals surface area (Å²) in [6, 6.07) is 69.7. The van der Waals surface area contributed by atoms with Crippen LogP contribution < -0.4 is 0 Å². The van der Waals surface area contributed by atoms with Gasteiger partial charge in [-0.2, -0.15) is 0 Å². The molecular formula is C53H32N2OS. The molecule has 0 bridgehead atoms. The van der Waals surface area contributed by atoms with Crippen molar-refractivity contribution in [1.82, 2.24) is 9.55 Å². The fraction of sp³-hybridized carbons (Fsp3) is 0. The standard InChI is InChI=1S/C53H32N2OS/c1-3-12-33(13-4-1)45-30-37(31-46(54-45)36-22-25-42-41-17-8-10-20-49(41)56-50(42)32-36)39-18-11-21-52-53(39)44-29-35(24-27-51(44)57-52)34-23-26-48-43(28-34)40-16-7-9-19-47(40)55(48)38-14-5-2-6-15-38/h1-32H. The normalized spacial score (nSPS) is 11.9. The Morgan fingerprint density at radius 1 is 0.386 bits per heavy atom. The van der Waals surface area contributed by atoms with Crippen molar-refractivity contribution in [3.05, 3.63) is 194 Å². The van der Waals surface area contributed by atoms with Crippen LogP contribution in [0.5, 0.6) is 0 Å². The summed E-state index contributed by atoms with van der Waals surface area (Å²) in [5, 5.41) is 7.27. The Hall–Kier alpha value is -7.27. The lowest BCUT2D eigenvalue weighted by Gasteiger charge is -2.12. The van der Waals surface area contributed by atoms with Crippen LogP contribution in [0.1, 0.15) is 0 Å². The highest BCUT2D eigenvalue weighted by Gasteiger charge is 2.18. The predicted molar refractivity (Wildman–Crippen MR) is 240 cm³/mol. The van der Waals surface area contributed by atoms with Gasteiger partial charge in [0, 0.05) is 58.5 Å². The third-order valence-corrected chi connectivity index (χ3v) is 12.5. The number of aromatic nitrogens is 2. The maximum Gasteiger partial charge on any atom is 0.136 e. The third kappa shape index (κ3) is 5.15. The fourth-order valence-corrected chi connectivity index (χ4v) is 9.84. The lowest BCUT2D eigenvalue weighted by Crippen LogP contribution is -1.92. The molecule has 0 aliphatic heterocycles. The lowest BCUT2D eigenvalue weighted by atomic mass is 9.95. The molecule has 57 heavy (non-hydrogen) atoms. The van der Waals surface area contributed by atoms with Gasteiger partial charge in [-0.3, -0.25) is 0 Å². The van der Waals surface area contributed by atoms with E-state index in [0.717, 1.165) is 50.0 Å². The van der Waals surface area contributed by atoms with E-state index in [1.807, 2.05) is 23.5 Å². The van der Waals surface area contributed by atoms with Gasteiger partial charge >= 0.3 is 0 Å². The highest BCUT2D eigenvalue weighted by atomic mass is 32.1. The highest BCUT2D eigenvalue weighted by Crippen LogP contribution is 2.44. The summed E-state index contributed by atoms with van der Waals surface area (Å²) in [7, 11) is 0. The largest absolute Gasteiger partial charge is 0.456 e. The van der Waals surface area contributed by atoms with E-state index in [2.05, 4.69) is 187 Å². The number of pyridine rings is 1. The van der Waals surface area contributed by atoms with Crippen molar-refractivity contribution < 1.29 is 4.42 Å². The molecule has 0 atom stereocenters. The topological polar surface area (TPSA) is 31.0 Å². The van der Waals surface area contributed by atoms with Gasteiger partial charge in [0.2, 0.25) is 0 Å². The monoisotopic (exact) mass is 744 g/mol. The van der Waals surface area contributed by atoms with Crippen LogP contribution in [0.25, 0.3) is 114 Å². The number of benzene rings is 8. The molecule has 0 saturated carbocycles. The van der Waals surface area contributed by atoms with Gasteiger partial charge in [0.05, 0.1) is 22.4 Å². The Morgan fingerprint density at radius 3 is 1.91 bits per heavy atom. The van der Waals surface area contributed by atoms with Crippen LogP contribution in [0.15, 0.2) is 199 Å². The minimum absolute atomic E-state index is 0.864. The zero-order valence-electron chi connectivity index (χ0n) is 30.7. The number of rotatable bonds is 5. The van der Waals surface area contributed by atoms with Gasteiger partial charge in [-0.15, -0.1) is 11.3 Å². The van der Waals surface area contributed by atoms with Crippen molar-refractivity contribution in [2.75, 3.05) is 0 Å². The molecule has 0 radical (unpaired) electrons. The van der Waals surface area contributed by atoms with Crippen molar-refractivity contribution in [2.45, 2.75) is 0 Å². The molecular weight excluding hydrogens is 713 g/mol. The summed E-state index contributed by atoms with van der Waals surface area (Å²) < 4.78 is 11.2. The molecule has 0 unspecified atom stereocenters. The first-order valence-corrected chi connectivity index (χ1v) is 20.1. The first kappa shape index (κ1) is 32.0. The van der Waals surface area contributed by atoms with E-state index in [1.165, 1.54) is 64.4 Å². The van der Waals surface area contributed by atoms with Gasteiger partial charge in [0.15, 0.2) is 0 Å². The molecule has 0 aliphatic rings. The molecule has 3 nitrogen and oxygen atoms in total. The molecule has 0 amide bonds. The summed E-state index contributed by atoms with van der Waals surface area (Å²) >= 11 is 1.85. The number of nitrogens with zero attached hydrogens (tertiary/aromatic N) is 2. The number of hydrogen-bond donors (Lipinski definition) is 0. The molecule has 0 fully saturated rings. The first-order valence-electron chi connectivity index (χ1n) is 19.3. The fourth-order valence-electron chi connectivity index (χ4n) is 8.73. The molecule has 4 heterocycles. The number of furan rings is 1. The molecule has 0 aliphatic carbocycles. The van der Waals surface area contributed by atoms with E-state index in [4.69, 9.17) is 9.40 Å². The third-order valence-electron chi connectivity index (χ3n) is 11.4. The molecule has 0 saturated heterocycles. The Balaban J connectivity index is 1.03. The Bertz CT molecular complexity index is 3520. The Labute approximate surface area is 332 Å². The summed E-state index contributed by atoms with van der Waals surface area (Å²) in [5.74, 6) is 0. The zero-order valence-corrected chi connectivity index (χ0v) is 31.5. The van der Waals surface area contributed by atoms with Crippen LogP contribution in [-0.2, 0) is 0 Å². The minimum atomic E-state index is 0.864. The van der Waals surface area contributed by atoms with E-state index in [0.29, 0.717) is 0 Å². The molecule has 4 aromatic heterocycles. The average molecular weight is 745 g/mol. The maximum absolute atomic E-state index is 6.33. The van der Waals surface area contributed by atoms with E-state index in [-0.39, 0.29) is 0 Å². The number of para-hydroxylation sites is 3. The van der Waals surface area contributed by atoms with Crippen molar-refractivity contribution in [1.29, 1.82) is 0 Å². The smallest absolute Gasteiger partial charge is 0.136 e. The molecule has 266 valence electrons. The van der Waals surface area contributed by atoms with Crippen LogP contribution in [0.4, 0.5) is 0 Å². The summed E-state index contributed by atoms with van der Waals surface area (Å²) in [5.41, 5.74) is 14.0. The van der Waals surface area contributed by atoms with Crippen LogP contribution in [0.2, 0.25) is 0 Å². The van der Waals surface area contributed by atoms with Crippen molar-refractivity contribution in [3.63, 3.8) is 0 Å². The van der Waals surface area contributed by atoms with Gasteiger partial charge in [0.25, 0.3) is 0 Å². The van der Waals surface area contributed by atoms with Crippen molar-refractivity contribution >= 4 is 75.3 Å². The number of hydrogen-bond acceptors (Lipinski definition) is 3. The maximum atomic E-state index is 6.33. The Morgan fingerprint density at radius 2 is 1.05 bits per heavy atom. The van der Waals surface area contributed by atoms with Crippen molar-refractivity contribution in [3.8, 4) is 50.5 Å². The molecule has 0 spiro atoms. The van der Waals surface area contributed by atoms with Crippen LogP contribution in [-0.4, -0.2) is 9.55 Å². The quantitative estimate of drug-likeness (QED) is 0.176. The predicted octanol–water partition coefficient (Wildman–Crippen LogP) is 15.1. The second kappa shape index (κ2) is 12.6. The van der Waals surface area contributed by atoms with Crippen LogP contribution >= 0.6 is 11.3 Å². The van der Waals surface area contributed by atoms with E-state index >= 15 is 0 Å². The zero-order chi connectivity index (χ0) is 37.5. The summed E-state index contributed by atoms with van der Waals surface area (Å²) in [6.07, 6.45) is 0. The van der Waals surface area contributed by atoms with Gasteiger partial charge in [-0.1, -0.05) is 115 Å². The molecule has 4 heteroatoms. The molecule has 0 N–H and O–H groups in total. The van der Waals surface area contributed by atoms with E-state index in [1.54, 1.807) is 0 Å². The lowest BCUT2D eigenvalue weighted by molar-refractivity contribution is 0.669. The number of fused-ring (bicyclic) bond motifs is 9. The first-order chi connectivity index (χ1) is 28.2. The second-order valence-corrected chi connectivity index (χ2v) is 15.8.